The molecule has 1 fully saturated rings. The van der Waals surface area contributed by atoms with Gasteiger partial charge in [0.05, 0.1) is 18.2 Å². The first-order valence-electron chi connectivity index (χ1n) is 8.64. The Hall–Kier alpha value is -2.67. The summed E-state index contributed by atoms with van der Waals surface area (Å²) >= 11 is 0. The minimum Gasteiger partial charge on any atom is -0.497 e. The summed E-state index contributed by atoms with van der Waals surface area (Å²) in [5.74, 6) is 0.706. The van der Waals surface area contributed by atoms with Crippen LogP contribution in [-0.4, -0.2) is 48.7 Å². The molecule has 0 aliphatic carbocycles. The Balaban J connectivity index is 0.000000758. The van der Waals surface area contributed by atoms with Crippen molar-refractivity contribution >= 4 is 23.3 Å². The molecule has 3 rings (SSSR count). The van der Waals surface area contributed by atoms with E-state index in [2.05, 4.69) is 15.6 Å². The Morgan fingerprint density at radius 1 is 1.46 bits per heavy atom. The summed E-state index contributed by atoms with van der Waals surface area (Å²) in [7, 11) is 1.63. The van der Waals surface area contributed by atoms with Gasteiger partial charge in [0.1, 0.15) is 5.75 Å². The lowest BCUT2D eigenvalue weighted by molar-refractivity contribution is -0.122. The molecule has 0 unspecified atom stereocenters. The maximum atomic E-state index is 12.5. The zero-order chi connectivity index (χ0) is 18.9. The molecule has 1 saturated heterocycles. The summed E-state index contributed by atoms with van der Waals surface area (Å²) in [6.07, 6.45) is 3.41. The predicted molar refractivity (Wildman–Crippen MR) is 99.7 cm³/mol. The number of carbonyl (C=O) groups is 2. The second-order valence-electron chi connectivity index (χ2n) is 6.14. The number of nitrogens with one attached hydrogen (secondary N) is 2. The predicted octanol–water partition coefficient (Wildman–Crippen LogP) is 2.12. The number of carbonyl (C=O) groups excluding carboxylic acids is 1. The van der Waals surface area contributed by atoms with E-state index in [1.54, 1.807) is 7.11 Å². The Morgan fingerprint density at radius 2 is 2.23 bits per heavy atom. The van der Waals surface area contributed by atoms with E-state index in [1.165, 1.54) is 12.8 Å². The van der Waals surface area contributed by atoms with Gasteiger partial charge in [-0.15, -0.1) is 0 Å². The van der Waals surface area contributed by atoms with E-state index in [9.17, 15) is 4.79 Å². The van der Waals surface area contributed by atoms with Crippen LogP contribution >= 0.6 is 0 Å². The summed E-state index contributed by atoms with van der Waals surface area (Å²) in [5.41, 5.74) is 2.29. The zero-order valence-electron chi connectivity index (χ0n) is 15.1. The molecule has 0 bridgehead atoms. The quantitative estimate of drug-likeness (QED) is 0.707. The van der Waals surface area contributed by atoms with Crippen molar-refractivity contribution in [1.82, 2.24) is 15.6 Å². The van der Waals surface area contributed by atoms with Crippen LogP contribution in [0, 0.1) is 6.92 Å². The average molecular weight is 359 g/mol. The number of hydrogen-bond acceptors (Lipinski definition) is 5. The van der Waals surface area contributed by atoms with Crippen LogP contribution in [0.4, 0.5) is 0 Å². The fraction of sp³-hybridized carbons (Fsp3) is 0.421. The fourth-order valence-electron chi connectivity index (χ4n) is 3.11. The van der Waals surface area contributed by atoms with Crippen molar-refractivity contribution in [2.45, 2.75) is 32.2 Å². The van der Waals surface area contributed by atoms with Crippen LogP contribution < -0.4 is 15.4 Å². The molecular weight excluding hydrogens is 334 g/mol. The maximum Gasteiger partial charge on any atom is 0.290 e. The highest BCUT2D eigenvalue weighted by molar-refractivity contribution is 6.06. The topological polar surface area (TPSA) is 101 Å². The zero-order valence-corrected chi connectivity index (χ0v) is 15.1. The molecule has 1 aromatic carbocycles. The van der Waals surface area contributed by atoms with Gasteiger partial charge in [0.2, 0.25) is 0 Å². The van der Waals surface area contributed by atoms with Crippen LogP contribution in [0.2, 0.25) is 0 Å². The first-order chi connectivity index (χ1) is 12.6. The van der Waals surface area contributed by atoms with Gasteiger partial charge < -0.3 is 20.5 Å². The highest BCUT2D eigenvalue weighted by Gasteiger charge is 2.15. The maximum absolute atomic E-state index is 12.5. The molecule has 1 aliphatic heterocycles. The number of aromatic nitrogens is 1. The van der Waals surface area contributed by atoms with Gasteiger partial charge >= 0.3 is 0 Å². The van der Waals surface area contributed by atoms with Crippen LogP contribution in [-0.2, 0) is 4.79 Å². The molecule has 0 spiro atoms. The van der Waals surface area contributed by atoms with E-state index in [0.717, 1.165) is 35.3 Å². The third kappa shape index (κ3) is 5.16. The number of methoxy groups -OCH3 is 1. The van der Waals surface area contributed by atoms with Crippen LogP contribution in [0.5, 0.6) is 5.75 Å². The van der Waals surface area contributed by atoms with Gasteiger partial charge in [0, 0.05) is 29.7 Å². The number of aryl methyl sites for hydroxylation is 1. The third-order valence-electron chi connectivity index (χ3n) is 4.33. The molecule has 7 heteroatoms. The van der Waals surface area contributed by atoms with Gasteiger partial charge in [-0.05, 0) is 50.9 Å². The number of amides is 1. The summed E-state index contributed by atoms with van der Waals surface area (Å²) in [6.45, 7) is 3.43. The Morgan fingerprint density at radius 3 is 2.88 bits per heavy atom. The minimum atomic E-state index is -0.250. The van der Waals surface area contributed by atoms with Crippen molar-refractivity contribution in [3.8, 4) is 5.75 Å². The van der Waals surface area contributed by atoms with Crippen LogP contribution in [0.25, 0.3) is 10.9 Å². The van der Waals surface area contributed by atoms with E-state index >= 15 is 0 Å². The number of fused-ring (bicyclic) bond motifs is 1. The number of rotatable bonds is 5. The number of nitrogens with zero attached hydrogens (tertiary/aromatic N) is 1. The minimum absolute atomic E-state index is 0.0383. The largest absolute Gasteiger partial charge is 0.497 e. The van der Waals surface area contributed by atoms with Crippen molar-refractivity contribution in [3.63, 3.8) is 0 Å². The molecule has 0 radical (unpaired) electrons. The number of benzene rings is 1. The molecule has 3 N–H and O–H groups in total. The Kier molecular flexibility index (Phi) is 7.35. The van der Waals surface area contributed by atoms with E-state index in [0.29, 0.717) is 18.2 Å². The molecule has 0 saturated carbocycles. The van der Waals surface area contributed by atoms with Crippen LogP contribution in [0.1, 0.15) is 35.3 Å². The summed E-state index contributed by atoms with van der Waals surface area (Å²) in [5, 5.41) is 14.2. The van der Waals surface area contributed by atoms with Crippen molar-refractivity contribution in [2.75, 3.05) is 20.2 Å². The number of ether oxygens (including phenoxy) is 1. The van der Waals surface area contributed by atoms with E-state index < -0.39 is 0 Å². The lowest BCUT2D eigenvalue weighted by Crippen LogP contribution is -2.30. The lowest BCUT2D eigenvalue weighted by Gasteiger charge is -2.12. The molecule has 1 amide bonds. The van der Waals surface area contributed by atoms with E-state index in [1.807, 2.05) is 31.2 Å². The molecule has 2 aromatic rings. The summed E-state index contributed by atoms with van der Waals surface area (Å²) < 4.78 is 5.24. The van der Waals surface area contributed by atoms with Crippen molar-refractivity contribution < 1.29 is 19.4 Å². The molecular formula is C19H25N3O4. The SMILES string of the molecule is COc1ccc2c(C(=O)NCC[C@H]3CCCN3)cc(C)nc2c1.O=CO. The first-order valence-corrected chi connectivity index (χ1v) is 8.64. The molecule has 1 atom stereocenters. The van der Waals surface area contributed by atoms with E-state index in [-0.39, 0.29) is 12.4 Å². The van der Waals surface area contributed by atoms with Gasteiger partial charge in [0.15, 0.2) is 0 Å². The molecule has 140 valence electrons. The fourth-order valence-corrected chi connectivity index (χ4v) is 3.11. The van der Waals surface area contributed by atoms with Gasteiger partial charge in [-0.3, -0.25) is 14.6 Å². The van der Waals surface area contributed by atoms with E-state index in [4.69, 9.17) is 14.6 Å². The second kappa shape index (κ2) is 9.72. The first kappa shape index (κ1) is 19.7. The van der Waals surface area contributed by atoms with Crippen molar-refractivity contribution in [2.24, 2.45) is 0 Å². The van der Waals surface area contributed by atoms with Gasteiger partial charge in [-0.25, -0.2) is 0 Å². The standard InChI is InChI=1S/C18H23N3O2.CH2O2/c1-12-10-16(15-6-5-14(23-2)11-17(15)21-12)18(22)20-9-7-13-4-3-8-19-13;2-1-3/h5-6,10-11,13,19H,3-4,7-9H2,1-2H3,(H,20,22);1H,(H,2,3)/t13-;/m1./s1. The number of carboxylic acid groups (broad SMARTS) is 1. The van der Waals surface area contributed by atoms with Gasteiger partial charge in [-0.2, -0.15) is 0 Å². The normalized spacial score (nSPS) is 15.8. The Bertz CT molecular complexity index is 758. The molecule has 1 aromatic heterocycles. The van der Waals surface area contributed by atoms with Crippen LogP contribution in [0.3, 0.4) is 0 Å². The monoisotopic (exact) mass is 359 g/mol. The molecule has 7 nitrogen and oxygen atoms in total. The Labute approximate surface area is 152 Å². The third-order valence-corrected chi connectivity index (χ3v) is 4.33. The van der Waals surface area contributed by atoms with Gasteiger partial charge in [0.25, 0.3) is 12.4 Å². The highest BCUT2D eigenvalue weighted by Crippen LogP contribution is 2.23. The summed E-state index contributed by atoms with van der Waals surface area (Å²) in [6, 6.07) is 8.00. The summed E-state index contributed by atoms with van der Waals surface area (Å²) in [4.78, 5) is 25.4. The number of hydrogen-bond donors (Lipinski definition) is 3. The van der Waals surface area contributed by atoms with Crippen LogP contribution in [0.15, 0.2) is 24.3 Å². The molecule has 26 heavy (non-hydrogen) atoms. The van der Waals surface area contributed by atoms with Gasteiger partial charge in [-0.1, -0.05) is 0 Å². The lowest BCUT2D eigenvalue weighted by atomic mass is 10.1. The second-order valence-corrected chi connectivity index (χ2v) is 6.14. The average Bonchev–Trinajstić information content (AvgIpc) is 3.14. The van der Waals surface area contributed by atoms with Crippen molar-refractivity contribution in [1.29, 1.82) is 0 Å². The molecule has 1 aliphatic rings. The smallest absolute Gasteiger partial charge is 0.290 e. The highest BCUT2D eigenvalue weighted by atomic mass is 16.5. The van der Waals surface area contributed by atoms with Crippen molar-refractivity contribution in [3.05, 3.63) is 35.5 Å². The molecule has 2 heterocycles. The number of pyridine rings is 1.